The van der Waals surface area contributed by atoms with E-state index >= 15 is 0 Å². The molecule has 8 nitrogen and oxygen atoms in total. The summed E-state index contributed by atoms with van der Waals surface area (Å²) in [6.45, 7) is 5.17. The molecule has 0 radical (unpaired) electrons. The number of aromatic nitrogens is 2. The number of aldehydes is 1. The second-order valence-corrected chi connectivity index (χ2v) is 9.14. The first kappa shape index (κ1) is 19.5. The van der Waals surface area contributed by atoms with E-state index in [0.717, 1.165) is 34.2 Å². The average molecular weight is 436 g/mol. The van der Waals surface area contributed by atoms with Crippen LogP contribution >= 0.6 is 11.3 Å². The van der Waals surface area contributed by atoms with E-state index in [4.69, 9.17) is 9.72 Å². The minimum atomic E-state index is -0.307. The topological polar surface area (TPSA) is 96.4 Å². The Labute approximate surface area is 183 Å². The van der Waals surface area contributed by atoms with Gasteiger partial charge >= 0.3 is 0 Å². The van der Waals surface area contributed by atoms with Crippen LogP contribution in [0.4, 0.5) is 22.3 Å². The predicted octanol–water partition coefficient (Wildman–Crippen LogP) is 3.69. The van der Waals surface area contributed by atoms with Gasteiger partial charge in [0.2, 0.25) is 0 Å². The minimum absolute atomic E-state index is 0.0694. The number of carbonyl (C=O) groups excluding carboxylic acids is 2. The van der Waals surface area contributed by atoms with Gasteiger partial charge in [0.05, 0.1) is 17.9 Å². The monoisotopic (exact) mass is 435 g/mol. The maximum absolute atomic E-state index is 12.5. The Balaban J connectivity index is 1.48. The van der Waals surface area contributed by atoms with Crippen LogP contribution in [0.15, 0.2) is 36.4 Å². The first-order valence-corrected chi connectivity index (χ1v) is 10.8. The average Bonchev–Trinajstić information content (AvgIpc) is 3.16. The van der Waals surface area contributed by atoms with Gasteiger partial charge in [0, 0.05) is 17.6 Å². The highest BCUT2D eigenvalue weighted by molar-refractivity contribution is 7.17. The lowest BCUT2D eigenvalue weighted by molar-refractivity contribution is 0.0900. The number of fused-ring (bicyclic) bond motifs is 2. The summed E-state index contributed by atoms with van der Waals surface area (Å²) in [5.41, 5.74) is 2.57. The fraction of sp³-hybridized carbons (Fsp3) is 0.273. The summed E-state index contributed by atoms with van der Waals surface area (Å²) in [5.74, 6) is 1.26. The number of ether oxygens (including phenoxy) is 1. The predicted molar refractivity (Wildman–Crippen MR) is 119 cm³/mol. The van der Waals surface area contributed by atoms with Gasteiger partial charge in [0.25, 0.3) is 5.91 Å². The Morgan fingerprint density at radius 3 is 2.97 bits per heavy atom. The van der Waals surface area contributed by atoms with Crippen molar-refractivity contribution < 1.29 is 14.3 Å². The van der Waals surface area contributed by atoms with Gasteiger partial charge in [0.1, 0.15) is 28.7 Å². The molecule has 0 unspecified atom stereocenters. The molecule has 1 aromatic carbocycles. The zero-order valence-corrected chi connectivity index (χ0v) is 18.0. The van der Waals surface area contributed by atoms with Crippen molar-refractivity contribution in [3.63, 3.8) is 0 Å². The standard InChI is InChI=1S/C22H21N5O3S/c1-22(2)11-15-19(20(29)26-22)31-21(25-15)27-8-9-30-17-7-6-13(10-16(17)27)23-18-5-3-4-14(12-28)24-18/h3-7,10,12H,8-9,11H2,1-2H3,(H,23,24)(H,26,29). The van der Waals surface area contributed by atoms with E-state index in [1.165, 1.54) is 11.3 Å². The molecule has 2 aromatic heterocycles. The number of rotatable bonds is 4. The summed E-state index contributed by atoms with van der Waals surface area (Å²) >= 11 is 1.40. The van der Waals surface area contributed by atoms with Crippen LogP contribution in [0.2, 0.25) is 0 Å². The molecule has 5 rings (SSSR count). The second kappa shape index (κ2) is 7.35. The second-order valence-electron chi connectivity index (χ2n) is 8.16. The SMILES string of the molecule is CC1(C)Cc2nc(N3CCOc4ccc(Nc5cccc(C=O)n5)cc43)sc2C(=O)N1. The summed E-state index contributed by atoms with van der Waals surface area (Å²) in [6, 6.07) is 11.0. The number of nitrogens with one attached hydrogen (secondary N) is 2. The third-order valence-corrected chi connectivity index (χ3v) is 6.29. The van der Waals surface area contributed by atoms with Gasteiger partial charge in [-0.3, -0.25) is 9.59 Å². The summed E-state index contributed by atoms with van der Waals surface area (Å²) < 4.78 is 5.84. The molecule has 2 aliphatic heterocycles. The van der Waals surface area contributed by atoms with Crippen molar-refractivity contribution in [1.29, 1.82) is 0 Å². The van der Waals surface area contributed by atoms with E-state index in [1.807, 2.05) is 32.0 Å². The van der Waals surface area contributed by atoms with Gasteiger partial charge in [0.15, 0.2) is 11.4 Å². The van der Waals surface area contributed by atoms with E-state index < -0.39 is 0 Å². The third kappa shape index (κ3) is 3.72. The highest BCUT2D eigenvalue weighted by atomic mass is 32.1. The van der Waals surface area contributed by atoms with Crippen LogP contribution in [0, 0.1) is 0 Å². The number of thiazole rings is 1. The fourth-order valence-corrected chi connectivity index (χ4v) is 4.83. The van der Waals surface area contributed by atoms with Gasteiger partial charge in [-0.2, -0.15) is 0 Å². The molecule has 0 aliphatic carbocycles. The normalized spacial score (nSPS) is 16.6. The van der Waals surface area contributed by atoms with Crippen molar-refractivity contribution in [3.05, 3.63) is 52.7 Å². The molecule has 0 saturated heterocycles. The maximum Gasteiger partial charge on any atom is 0.263 e. The highest BCUT2D eigenvalue weighted by Gasteiger charge is 2.34. The molecule has 2 N–H and O–H groups in total. The summed E-state index contributed by atoms with van der Waals surface area (Å²) in [4.78, 5) is 35.4. The summed E-state index contributed by atoms with van der Waals surface area (Å²) in [7, 11) is 0. The van der Waals surface area contributed by atoms with Gasteiger partial charge < -0.3 is 20.3 Å². The summed E-state index contributed by atoms with van der Waals surface area (Å²) in [5, 5.41) is 7.05. The van der Waals surface area contributed by atoms with E-state index in [0.29, 0.717) is 36.0 Å². The Kier molecular flexibility index (Phi) is 4.62. The highest BCUT2D eigenvalue weighted by Crippen LogP contribution is 2.42. The molecule has 2 aliphatic rings. The molecule has 9 heteroatoms. The number of hydrogen-bond donors (Lipinski definition) is 2. The molecule has 0 bridgehead atoms. The van der Waals surface area contributed by atoms with Crippen LogP contribution in [-0.2, 0) is 6.42 Å². The smallest absolute Gasteiger partial charge is 0.263 e. The first-order chi connectivity index (χ1) is 14.9. The van der Waals surface area contributed by atoms with Gasteiger partial charge in [-0.1, -0.05) is 17.4 Å². The van der Waals surface area contributed by atoms with Crippen molar-refractivity contribution in [1.82, 2.24) is 15.3 Å². The van der Waals surface area contributed by atoms with Gasteiger partial charge in [-0.25, -0.2) is 9.97 Å². The largest absolute Gasteiger partial charge is 0.490 e. The van der Waals surface area contributed by atoms with E-state index in [-0.39, 0.29) is 11.4 Å². The van der Waals surface area contributed by atoms with Crippen LogP contribution < -0.4 is 20.3 Å². The molecule has 31 heavy (non-hydrogen) atoms. The quantitative estimate of drug-likeness (QED) is 0.603. The van der Waals surface area contributed by atoms with Crippen molar-refractivity contribution in [2.24, 2.45) is 0 Å². The fourth-order valence-electron chi connectivity index (χ4n) is 3.81. The Morgan fingerprint density at radius 1 is 1.26 bits per heavy atom. The third-order valence-electron chi connectivity index (χ3n) is 5.17. The van der Waals surface area contributed by atoms with Crippen LogP contribution in [0.1, 0.15) is 39.7 Å². The molecule has 0 saturated carbocycles. The molecule has 0 atom stereocenters. The molecule has 3 aromatic rings. The summed E-state index contributed by atoms with van der Waals surface area (Å²) in [6.07, 6.45) is 1.41. The molecular weight excluding hydrogens is 414 g/mol. The van der Waals surface area contributed by atoms with Crippen molar-refractivity contribution in [2.45, 2.75) is 25.8 Å². The molecular formula is C22H21N5O3S. The molecule has 1 amide bonds. The zero-order chi connectivity index (χ0) is 21.6. The maximum atomic E-state index is 12.5. The van der Waals surface area contributed by atoms with Gasteiger partial charge in [-0.05, 0) is 44.2 Å². The molecule has 0 fully saturated rings. The number of benzene rings is 1. The van der Waals surface area contributed by atoms with Crippen LogP contribution in [0.3, 0.4) is 0 Å². The van der Waals surface area contributed by atoms with Crippen LogP contribution in [-0.4, -0.2) is 40.9 Å². The number of nitrogens with zero attached hydrogens (tertiary/aromatic N) is 3. The minimum Gasteiger partial charge on any atom is -0.490 e. The molecule has 158 valence electrons. The number of amides is 1. The van der Waals surface area contributed by atoms with E-state index in [2.05, 4.69) is 20.5 Å². The molecule has 4 heterocycles. The first-order valence-electron chi connectivity index (χ1n) is 9.98. The Bertz CT molecular complexity index is 1190. The van der Waals surface area contributed by atoms with E-state index in [9.17, 15) is 9.59 Å². The molecule has 0 spiro atoms. The number of anilines is 4. The number of carbonyl (C=O) groups is 2. The van der Waals surface area contributed by atoms with Crippen molar-refractivity contribution in [3.8, 4) is 5.75 Å². The van der Waals surface area contributed by atoms with Crippen molar-refractivity contribution in [2.75, 3.05) is 23.4 Å². The van der Waals surface area contributed by atoms with Crippen molar-refractivity contribution >= 4 is 45.9 Å². The lowest BCUT2D eigenvalue weighted by atomic mass is 9.94. The van der Waals surface area contributed by atoms with Crippen LogP contribution in [0.25, 0.3) is 0 Å². The zero-order valence-electron chi connectivity index (χ0n) is 17.1. The van der Waals surface area contributed by atoms with E-state index in [1.54, 1.807) is 18.2 Å². The number of hydrogen-bond acceptors (Lipinski definition) is 8. The van der Waals surface area contributed by atoms with Crippen LogP contribution in [0.5, 0.6) is 5.75 Å². The lowest BCUT2D eigenvalue weighted by Gasteiger charge is -2.29. The lowest BCUT2D eigenvalue weighted by Crippen LogP contribution is -2.48. The Hall–Kier alpha value is -3.46. The van der Waals surface area contributed by atoms with Gasteiger partial charge in [-0.15, -0.1) is 0 Å². The number of pyridine rings is 1. The Morgan fingerprint density at radius 2 is 2.13 bits per heavy atom.